The van der Waals surface area contributed by atoms with E-state index in [-0.39, 0.29) is 76.6 Å². The Hall–Kier alpha value is -7.23. The minimum Gasteiger partial charge on any atom is -0.342 e. The van der Waals surface area contributed by atoms with E-state index in [1.165, 1.54) is 30.0 Å². The highest BCUT2D eigenvalue weighted by molar-refractivity contribution is 9.10. The molecule has 6 aromatic rings. The number of aromatic nitrogens is 6. The number of anilines is 5. The first kappa shape index (κ1) is 55.3. The van der Waals surface area contributed by atoms with Crippen molar-refractivity contribution in [2.45, 2.75) is 136 Å². The summed E-state index contributed by atoms with van der Waals surface area (Å²) in [6.07, 6.45) is -15.3. The smallest absolute Gasteiger partial charge is 0.342 e. The topological polar surface area (TPSA) is 156 Å². The molecular weight excluding hydrogens is 1150 g/mol. The Balaban J connectivity index is 1.05. The molecular formula is C60H55BrF9N9O3. The van der Waals surface area contributed by atoms with Crippen molar-refractivity contribution >= 4 is 62.1 Å². The third-order valence-corrected chi connectivity index (χ3v) is 18.1. The molecule has 4 N–H and O–H groups in total. The molecule has 3 aliphatic carbocycles. The monoisotopic (exact) mass is 1200 g/mol. The van der Waals surface area contributed by atoms with Crippen LogP contribution in [0, 0.1) is 30.1 Å². The van der Waals surface area contributed by atoms with Crippen molar-refractivity contribution in [1.82, 2.24) is 30.6 Å². The normalized spacial score (nSPS) is 24.0. The average molecular weight is 1200 g/mol. The molecule has 0 saturated carbocycles. The van der Waals surface area contributed by atoms with Crippen LogP contribution >= 0.6 is 15.9 Å². The second-order valence-corrected chi connectivity index (χ2v) is 26.1. The van der Waals surface area contributed by atoms with Crippen LogP contribution in [0.1, 0.15) is 149 Å². The zero-order valence-corrected chi connectivity index (χ0v) is 47.5. The van der Waals surface area contributed by atoms with E-state index in [0.29, 0.717) is 40.0 Å². The number of nitrogens with zero attached hydrogens (tertiary/aromatic N) is 5. The molecule has 3 aliphatic heterocycles. The molecule has 428 valence electrons. The van der Waals surface area contributed by atoms with Crippen molar-refractivity contribution in [2.24, 2.45) is 16.2 Å². The van der Waals surface area contributed by atoms with Crippen LogP contribution in [0.5, 0.6) is 0 Å². The Morgan fingerprint density at radius 2 is 1.15 bits per heavy atom. The number of carbonyl (C=O) groups excluding carboxylic acids is 3. The number of aryl methyl sites for hydroxylation is 2. The van der Waals surface area contributed by atoms with Gasteiger partial charge in [-0.2, -0.15) is 54.8 Å². The highest BCUT2D eigenvalue weighted by atomic mass is 79.9. The van der Waals surface area contributed by atoms with Gasteiger partial charge in [0, 0.05) is 103 Å². The van der Waals surface area contributed by atoms with Crippen molar-refractivity contribution in [1.29, 1.82) is 0 Å². The number of fused-ring (bicyclic) bond motifs is 3. The molecule has 0 radical (unpaired) electrons. The Labute approximate surface area is 473 Å². The number of H-pyrrole nitrogens is 3. The number of Topliss-reactive ketones (excluding diaryl/α,β-unsaturated/α-hetero) is 3. The Kier molecular flexibility index (Phi) is 11.9. The van der Waals surface area contributed by atoms with Crippen molar-refractivity contribution in [3.63, 3.8) is 0 Å². The predicted molar refractivity (Wildman–Crippen MR) is 290 cm³/mol. The molecule has 22 heteroatoms. The molecule has 2 unspecified atom stereocenters. The van der Waals surface area contributed by atoms with Gasteiger partial charge in [-0.25, -0.2) is 0 Å². The molecule has 3 aromatic heterocycles. The summed E-state index contributed by atoms with van der Waals surface area (Å²) < 4.78 is 143. The van der Waals surface area contributed by atoms with Gasteiger partial charge in [-0.3, -0.25) is 39.5 Å². The minimum absolute atomic E-state index is 0.0202. The van der Waals surface area contributed by atoms with E-state index in [0.717, 1.165) is 54.2 Å². The highest BCUT2D eigenvalue weighted by Crippen LogP contribution is 2.65. The second kappa shape index (κ2) is 17.7. The maximum Gasteiger partial charge on any atom is 0.433 e. The lowest BCUT2D eigenvalue weighted by Gasteiger charge is -2.49. The van der Waals surface area contributed by atoms with E-state index >= 15 is 31.1 Å². The quantitative estimate of drug-likeness (QED) is 0.123. The standard InChI is InChI=1S/C60H55BrF9N9O3/c1-27-42-43(44-36(71-50(42)75-72-27)21-53(3,4)24-39(44)80)32-19-18-31(20-35(32)61)79-38-23-55(7,8)26-41(82)47(38)57(60(68,69)70,45-28(2)73-76-51(45)79)29-14-16-30(17-15-29)78-37-22-54(5,6)25-40(81)46(37)56(9,33-12-10-11-13-34(33)58(62,63)64)48-49(59(65,66)67)74-77-52(48)78/h10-20,43H,21-26H2,1-9H3,(H,73,76)(H,74,77)(H2,71,72,75)/t43-,56?,57?/m0/s1. The molecule has 82 heavy (non-hydrogen) atoms. The average Bonchev–Trinajstić information content (AvgIpc) is 1.21. The van der Waals surface area contributed by atoms with Gasteiger partial charge in [0.25, 0.3) is 0 Å². The molecule has 6 heterocycles. The number of benzene rings is 3. The van der Waals surface area contributed by atoms with E-state index in [1.807, 2.05) is 31.9 Å². The third kappa shape index (κ3) is 7.98. The fourth-order valence-electron chi connectivity index (χ4n) is 14.4. The van der Waals surface area contributed by atoms with Crippen LogP contribution in [-0.2, 0) is 37.6 Å². The summed E-state index contributed by atoms with van der Waals surface area (Å²) in [5.74, 6) is -2.20. The number of rotatable bonds is 5. The number of hydrogen-bond acceptors (Lipinski definition) is 9. The molecule has 6 aliphatic rings. The van der Waals surface area contributed by atoms with Gasteiger partial charge in [0.05, 0.1) is 11.0 Å². The number of hydrogen-bond donors (Lipinski definition) is 4. The molecule has 0 bridgehead atoms. The van der Waals surface area contributed by atoms with E-state index in [9.17, 15) is 22.8 Å². The molecule has 0 fully saturated rings. The van der Waals surface area contributed by atoms with Crippen LogP contribution in [0.25, 0.3) is 0 Å². The van der Waals surface area contributed by atoms with Crippen LogP contribution < -0.4 is 15.1 Å². The molecule has 0 spiro atoms. The Bertz CT molecular complexity index is 3890. The predicted octanol–water partition coefficient (Wildman–Crippen LogP) is 15.2. The first-order chi connectivity index (χ1) is 38.1. The highest BCUT2D eigenvalue weighted by Gasteiger charge is 2.68. The second-order valence-electron chi connectivity index (χ2n) is 25.2. The summed E-state index contributed by atoms with van der Waals surface area (Å²) in [4.78, 5) is 46.7. The van der Waals surface area contributed by atoms with Gasteiger partial charge in [0.2, 0.25) is 0 Å². The number of nitrogens with one attached hydrogen (secondary N) is 4. The summed E-state index contributed by atoms with van der Waals surface area (Å²) in [6, 6.07) is 14.1. The van der Waals surface area contributed by atoms with Gasteiger partial charge in [-0.15, -0.1) is 0 Å². The SMILES string of the molecule is Cc1[nH]nc2c1[C@H](c1ccc(N3C4=C(C(=O)CC(C)(C)C4)C(c4ccc(N5C6=C(C(=O)CC(C)(C)C6)C(C)(c6ccccc6C(F)(F)F)c6c5n[nH]c6C(F)(F)F)cc4)(C(F)(F)F)c4c3n[nH]c4C)cc1Br)C1=C(CC(C)(C)CC1=O)N2. The third-order valence-electron chi connectivity index (χ3n) is 17.4. The number of halogens is 10. The first-order valence-corrected chi connectivity index (χ1v) is 27.5. The van der Waals surface area contributed by atoms with Crippen LogP contribution in [0.4, 0.5) is 68.3 Å². The van der Waals surface area contributed by atoms with E-state index in [4.69, 9.17) is 0 Å². The molecule has 3 aromatic carbocycles. The number of ketones is 3. The summed E-state index contributed by atoms with van der Waals surface area (Å²) in [5.41, 5.74) is -9.77. The zero-order chi connectivity index (χ0) is 59.1. The van der Waals surface area contributed by atoms with Crippen molar-refractivity contribution in [3.8, 4) is 0 Å². The van der Waals surface area contributed by atoms with Crippen LogP contribution in [-0.4, -0.2) is 54.1 Å². The number of carbonyl (C=O) groups is 3. The molecule has 0 amide bonds. The Morgan fingerprint density at radius 3 is 1.77 bits per heavy atom. The molecule has 12 nitrogen and oxygen atoms in total. The van der Waals surface area contributed by atoms with E-state index in [2.05, 4.69) is 46.7 Å². The summed E-state index contributed by atoms with van der Waals surface area (Å²) >= 11 is 3.82. The summed E-state index contributed by atoms with van der Waals surface area (Å²) in [7, 11) is 0. The maximum atomic E-state index is 17.3. The van der Waals surface area contributed by atoms with E-state index < -0.39 is 97.0 Å². The van der Waals surface area contributed by atoms with Crippen LogP contribution in [0.15, 0.2) is 105 Å². The van der Waals surface area contributed by atoms with E-state index in [1.54, 1.807) is 44.7 Å². The van der Waals surface area contributed by atoms with Gasteiger partial charge >= 0.3 is 18.5 Å². The maximum absolute atomic E-state index is 17.3. The van der Waals surface area contributed by atoms with Gasteiger partial charge in [-0.1, -0.05) is 93.9 Å². The molecule has 0 saturated heterocycles. The molecule has 12 rings (SSSR count). The lowest BCUT2D eigenvalue weighted by molar-refractivity contribution is -0.171. The van der Waals surface area contributed by atoms with Gasteiger partial charge in [0.15, 0.2) is 40.2 Å². The van der Waals surface area contributed by atoms with Gasteiger partial charge < -0.3 is 5.32 Å². The lowest BCUT2D eigenvalue weighted by atomic mass is 9.59. The molecule has 3 atom stereocenters. The summed E-state index contributed by atoms with van der Waals surface area (Å²) in [6.45, 7) is 15.5. The van der Waals surface area contributed by atoms with Gasteiger partial charge in [-0.05, 0) is 103 Å². The van der Waals surface area contributed by atoms with Crippen LogP contribution in [0.2, 0.25) is 0 Å². The van der Waals surface area contributed by atoms with Crippen molar-refractivity contribution in [3.05, 3.63) is 161 Å². The van der Waals surface area contributed by atoms with Crippen LogP contribution in [0.3, 0.4) is 0 Å². The fourth-order valence-corrected chi connectivity index (χ4v) is 15.0. The largest absolute Gasteiger partial charge is 0.433 e. The van der Waals surface area contributed by atoms with Crippen molar-refractivity contribution in [2.75, 3.05) is 15.1 Å². The van der Waals surface area contributed by atoms with Gasteiger partial charge in [0.1, 0.15) is 5.69 Å². The fraction of sp³-hybridized carbons (Fsp3) is 0.400. The Morgan fingerprint density at radius 1 is 0.598 bits per heavy atom. The number of alkyl halides is 9. The number of allylic oxidation sites excluding steroid dienone is 6. The van der Waals surface area contributed by atoms with Crippen molar-refractivity contribution < 1.29 is 53.9 Å². The first-order valence-electron chi connectivity index (χ1n) is 26.7. The number of aromatic amines is 3. The zero-order valence-electron chi connectivity index (χ0n) is 45.9. The summed E-state index contributed by atoms with van der Waals surface area (Å²) in [5, 5.41) is 24.5. The minimum atomic E-state index is -5.28. The lowest BCUT2D eigenvalue weighted by Crippen LogP contribution is -2.54.